The van der Waals surface area contributed by atoms with Crippen LogP contribution in [0.4, 0.5) is 0 Å². The van der Waals surface area contributed by atoms with Crippen LogP contribution in [-0.2, 0) is 11.2 Å². The number of pyridine rings is 1. The third-order valence-electron chi connectivity index (χ3n) is 5.30. The van der Waals surface area contributed by atoms with Crippen molar-refractivity contribution in [2.24, 2.45) is 10.9 Å². The van der Waals surface area contributed by atoms with Gasteiger partial charge in [-0.2, -0.15) is 0 Å². The van der Waals surface area contributed by atoms with E-state index in [2.05, 4.69) is 22.2 Å². The number of aliphatic imine (C=N–C) groups is 1. The van der Waals surface area contributed by atoms with Crippen molar-refractivity contribution in [1.29, 1.82) is 0 Å². The molecule has 0 saturated carbocycles. The van der Waals surface area contributed by atoms with Gasteiger partial charge < -0.3 is 10.4 Å². The van der Waals surface area contributed by atoms with Crippen molar-refractivity contribution in [1.82, 2.24) is 10.3 Å². The lowest BCUT2D eigenvalue weighted by atomic mass is 9.86. The molecule has 0 saturated heterocycles. The zero-order valence-corrected chi connectivity index (χ0v) is 14.5. The number of carbonyl (C=O) groups excluding carboxylic acids is 1. The minimum Gasteiger partial charge on any atom is -0.478 e. The number of hydrogen-bond donors (Lipinski definition) is 2. The van der Waals surface area contributed by atoms with Gasteiger partial charge in [0.05, 0.1) is 5.56 Å². The molecule has 0 bridgehead atoms. The number of amidine groups is 1. The molecule has 0 fully saturated rings. The second-order valence-corrected chi connectivity index (χ2v) is 7.24. The van der Waals surface area contributed by atoms with E-state index in [-0.39, 0.29) is 34.8 Å². The molecule has 1 aliphatic carbocycles. The molecule has 0 spiro atoms. The van der Waals surface area contributed by atoms with Gasteiger partial charge in [-0.3, -0.25) is 4.79 Å². The SMILES string of the molecule is CC1CCCc2cc(C(=O)O)c(C3=NC(C)(C(C)C)C(=O)N3)nc21. The van der Waals surface area contributed by atoms with Gasteiger partial charge in [-0.15, -0.1) is 0 Å². The first-order valence-electron chi connectivity index (χ1n) is 8.42. The molecular formula is C18H23N3O3. The van der Waals surface area contributed by atoms with E-state index in [0.717, 1.165) is 30.5 Å². The number of hydrogen-bond acceptors (Lipinski definition) is 4. The van der Waals surface area contributed by atoms with Gasteiger partial charge in [0.1, 0.15) is 11.2 Å². The highest BCUT2D eigenvalue weighted by atomic mass is 16.4. The van der Waals surface area contributed by atoms with Gasteiger partial charge in [-0.1, -0.05) is 20.8 Å². The molecule has 2 atom stereocenters. The van der Waals surface area contributed by atoms with Gasteiger partial charge in [0.25, 0.3) is 5.91 Å². The number of carboxylic acid groups (broad SMARTS) is 1. The Morgan fingerprint density at radius 2 is 2.17 bits per heavy atom. The molecule has 128 valence electrons. The lowest BCUT2D eigenvalue weighted by Gasteiger charge is -2.23. The van der Waals surface area contributed by atoms with Crippen molar-refractivity contribution >= 4 is 17.7 Å². The second-order valence-electron chi connectivity index (χ2n) is 7.24. The zero-order chi connectivity index (χ0) is 17.6. The van der Waals surface area contributed by atoms with Gasteiger partial charge in [0.2, 0.25) is 0 Å². The number of rotatable bonds is 3. The number of aromatic nitrogens is 1. The van der Waals surface area contributed by atoms with Crippen LogP contribution in [0, 0.1) is 5.92 Å². The molecule has 1 aromatic rings. The summed E-state index contributed by atoms with van der Waals surface area (Å²) in [4.78, 5) is 33.2. The van der Waals surface area contributed by atoms with E-state index < -0.39 is 11.5 Å². The summed E-state index contributed by atoms with van der Waals surface area (Å²) in [5.74, 6) is -0.705. The van der Waals surface area contributed by atoms with Crippen LogP contribution in [0.2, 0.25) is 0 Å². The molecule has 1 aliphatic heterocycles. The fourth-order valence-electron chi connectivity index (χ4n) is 3.32. The highest BCUT2D eigenvalue weighted by molar-refractivity contribution is 6.17. The fourth-order valence-corrected chi connectivity index (χ4v) is 3.32. The van der Waals surface area contributed by atoms with Gasteiger partial charge >= 0.3 is 5.97 Å². The normalized spacial score (nSPS) is 26.1. The monoisotopic (exact) mass is 329 g/mol. The molecule has 2 N–H and O–H groups in total. The van der Waals surface area contributed by atoms with Gasteiger partial charge in [-0.25, -0.2) is 14.8 Å². The Balaban J connectivity index is 2.16. The molecule has 1 amide bonds. The Labute approximate surface area is 141 Å². The van der Waals surface area contributed by atoms with Crippen molar-refractivity contribution < 1.29 is 14.7 Å². The van der Waals surface area contributed by atoms with Crippen molar-refractivity contribution in [3.63, 3.8) is 0 Å². The maximum absolute atomic E-state index is 12.4. The number of fused-ring (bicyclic) bond motifs is 1. The first kappa shape index (κ1) is 16.6. The molecule has 6 nitrogen and oxygen atoms in total. The Bertz CT molecular complexity index is 754. The average Bonchev–Trinajstić information content (AvgIpc) is 2.83. The molecule has 2 heterocycles. The smallest absolute Gasteiger partial charge is 0.338 e. The fraction of sp³-hybridized carbons (Fsp3) is 0.556. The lowest BCUT2D eigenvalue weighted by molar-refractivity contribution is -0.124. The zero-order valence-electron chi connectivity index (χ0n) is 14.5. The quantitative estimate of drug-likeness (QED) is 0.891. The summed E-state index contributed by atoms with van der Waals surface area (Å²) in [5.41, 5.74) is 1.40. The van der Waals surface area contributed by atoms with Crippen LogP contribution in [-0.4, -0.2) is 33.3 Å². The summed E-state index contributed by atoms with van der Waals surface area (Å²) in [5, 5.41) is 12.3. The highest BCUT2D eigenvalue weighted by Crippen LogP contribution is 2.32. The predicted octanol–water partition coefficient (Wildman–Crippen LogP) is 2.51. The number of nitrogens with one attached hydrogen (secondary N) is 1. The van der Waals surface area contributed by atoms with Gasteiger partial charge in [0, 0.05) is 5.69 Å². The highest BCUT2D eigenvalue weighted by Gasteiger charge is 2.43. The molecule has 1 aromatic heterocycles. The van der Waals surface area contributed by atoms with Gasteiger partial charge in [-0.05, 0) is 49.7 Å². The predicted molar refractivity (Wildman–Crippen MR) is 90.5 cm³/mol. The van der Waals surface area contributed by atoms with Crippen LogP contribution in [0.3, 0.4) is 0 Å². The Kier molecular flexibility index (Phi) is 3.94. The number of nitrogens with zero attached hydrogens (tertiary/aromatic N) is 2. The molecular weight excluding hydrogens is 306 g/mol. The number of aromatic carboxylic acids is 1. The van der Waals surface area contributed by atoms with E-state index >= 15 is 0 Å². The Hall–Kier alpha value is -2.24. The maximum Gasteiger partial charge on any atom is 0.338 e. The topological polar surface area (TPSA) is 91.6 Å². The lowest BCUT2D eigenvalue weighted by Crippen LogP contribution is -2.41. The van der Waals surface area contributed by atoms with E-state index in [9.17, 15) is 14.7 Å². The molecule has 2 unspecified atom stereocenters. The number of amides is 1. The minimum atomic E-state index is -1.05. The minimum absolute atomic E-state index is 0.000158. The van der Waals surface area contributed by atoms with Crippen molar-refractivity contribution in [2.45, 2.75) is 58.4 Å². The molecule has 2 aliphatic rings. The van der Waals surface area contributed by atoms with Crippen LogP contribution >= 0.6 is 0 Å². The standard InChI is InChI=1S/C18H23N3O3/c1-9(2)18(4)17(24)20-15(21-18)14-12(16(22)23)8-11-7-5-6-10(3)13(11)19-14/h8-10H,5-7H2,1-4H3,(H,22,23)(H,20,21,24). The van der Waals surface area contributed by atoms with Crippen LogP contribution in [0.1, 0.15) is 73.8 Å². The van der Waals surface area contributed by atoms with E-state index in [1.165, 1.54) is 0 Å². The van der Waals surface area contributed by atoms with Crippen molar-refractivity contribution in [2.75, 3.05) is 0 Å². The van der Waals surface area contributed by atoms with E-state index in [1.54, 1.807) is 13.0 Å². The second kappa shape index (κ2) is 5.69. The first-order chi connectivity index (χ1) is 11.2. The molecule has 6 heteroatoms. The third-order valence-corrected chi connectivity index (χ3v) is 5.30. The van der Waals surface area contributed by atoms with E-state index in [4.69, 9.17) is 0 Å². The summed E-state index contributed by atoms with van der Waals surface area (Å²) >= 11 is 0. The summed E-state index contributed by atoms with van der Waals surface area (Å²) in [6.45, 7) is 7.71. The molecule has 0 aromatic carbocycles. The first-order valence-corrected chi connectivity index (χ1v) is 8.42. The average molecular weight is 329 g/mol. The number of aryl methyl sites for hydroxylation is 1. The summed E-state index contributed by atoms with van der Waals surface area (Å²) in [7, 11) is 0. The number of carbonyl (C=O) groups is 2. The van der Waals surface area contributed by atoms with Crippen LogP contribution in [0.25, 0.3) is 0 Å². The Morgan fingerprint density at radius 1 is 1.46 bits per heavy atom. The van der Waals surface area contributed by atoms with E-state index in [1.807, 2.05) is 13.8 Å². The van der Waals surface area contributed by atoms with Crippen LogP contribution in [0.5, 0.6) is 0 Å². The van der Waals surface area contributed by atoms with Crippen molar-refractivity contribution in [3.8, 4) is 0 Å². The third kappa shape index (κ3) is 2.50. The van der Waals surface area contributed by atoms with Crippen LogP contribution < -0.4 is 5.32 Å². The summed E-state index contributed by atoms with van der Waals surface area (Å²) in [6, 6.07) is 1.70. The Morgan fingerprint density at radius 3 is 2.75 bits per heavy atom. The summed E-state index contributed by atoms with van der Waals surface area (Å²) in [6.07, 6.45) is 2.92. The van der Waals surface area contributed by atoms with E-state index in [0.29, 0.717) is 0 Å². The molecule has 3 rings (SSSR count). The largest absolute Gasteiger partial charge is 0.478 e. The number of carboxylic acids is 1. The molecule has 0 radical (unpaired) electrons. The summed E-state index contributed by atoms with van der Waals surface area (Å²) < 4.78 is 0. The van der Waals surface area contributed by atoms with Gasteiger partial charge in [0.15, 0.2) is 5.84 Å². The molecule has 24 heavy (non-hydrogen) atoms. The maximum atomic E-state index is 12.4. The van der Waals surface area contributed by atoms with Crippen LogP contribution in [0.15, 0.2) is 11.1 Å². The van der Waals surface area contributed by atoms with Crippen molar-refractivity contribution in [3.05, 3.63) is 28.6 Å².